The highest BCUT2D eigenvalue weighted by atomic mass is 16.6. The summed E-state index contributed by atoms with van der Waals surface area (Å²) in [6.45, 7) is 1.13. The predicted octanol–water partition coefficient (Wildman–Crippen LogP) is 2.79. The Labute approximate surface area is 180 Å². The molecule has 8 nitrogen and oxygen atoms in total. The second kappa shape index (κ2) is 12.1. The molecule has 0 aliphatic carbocycles. The van der Waals surface area contributed by atoms with Crippen LogP contribution in [0.3, 0.4) is 0 Å². The van der Waals surface area contributed by atoms with Crippen LogP contribution < -0.4 is 5.32 Å². The van der Waals surface area contributed by atoms with E-state index in [1.807, 2.05) is 12.1 Å². The number of alkyl carbamates (subject to hydrolysis) is 1. The molecule has 2 atom stereocenters. The van der Waals surface area contributed by atoms with Crippen LogP contribution in [0.2, 0.25) is 0 Å². The monoisotopic (exact) mass is 427 g/mol. The zero-order valence-corrected chi connectivity index (χ0v) is 17.4. The second-order valence-corrected chi connectivity index (χ2v) is 6.77. The predicted molar refractivity (Wildman–Crippen MR) is 111 cm³/mol. The number of esters is 2. The molecule has 31 heavy (non-hydrogen) atoms. The van der Waals surface area contributed by atoms with E-state index >= 15 is 0 Å². The minimum atomic E-state index is -1.40. The van der Waals surface area contributed by atoms with Crippen molar-refractivity contribution in [3.05, 3.63) is 71.8 Å². The van der Waals surface area contributed by atoms with Gasteiger partial charge in [-0.25, -0.2) is 4.79 Å². The third-order valence-electron chi connectivity index (χ3n) is 4.45. The molecule has 0 fully saturated rings. The maximum Gasteiger partial charge on any atom is 0.407 e. The molecular formula is C23H25NO7. The van der Waals surface area contributed by atoms with Gasteiger partial charge in [0.25, 0.3) is 0 Å². The van der Waals surface area contributed by atoms with Crippen molar-refractivity contribution < 1.29 is 33.4 Å². The molecule has 164 valence electrons. The number of carbonyl (C=O) groups excluding carboxylic acids is 4. The average molecular weight is 427 g/mol. The van der Waals surface area contributed by atoms with E-state index in [0.717, 1.165) is 11.1 Å². The number of benzene rings is 2. The van der Waals surface area contributed by atoms with Gasteiger partial charge in [0.15, 0.2) is 0 Å². The van der Waals surface area contributed by atoms with E-state index in [2.05, 4.69) is 10.1 Å². The van der Waals surface area contributed by atoms with Gasteiger partial charge < -0.3 is 19.5 Å². The molecule has 0 spiro atoms. The van der Waals surface area contributed by atoms with E-state index in [0.29, 0.717) is 0 Å². The Morgan fingerprint density at radius 3 is 1.84 bits per heavy atom. The largest absolute Gasteiger partial charge is 0.469 e. The minimum absolute atomic E-state index is 0.0131. The third kappa shape index (κ3) is 7.93. The number of carbonyl (C=O) groups is 4. The van der Waals surface area contributed by atoms with Gasteiger partial charge in [-0.15, -0.1) is 0 Å². The molecular weight excluding hydrogens is 402 g/mol. The molecule has 0 saturated heterocycles. The Kier molecular flexibility index (Phi) is 9.22. The molecule has 2 rings (SSSR count). The summed E-state index contributed by atoms with van der Waals surface area (Å²) in [5.74, 6) is -3.51. The van der Waals surface area contributed by atoms with Crippen molar-refractivity contribution in [1.82, 2.24) is 5.32 Å². The highest BCUT2D eigenvalue weighted by Crippen LogP contribution is 2.15. The topological polar surface area (TPSA) is 108 Å². The Morgan fingerprint density at radius 2 is 1.35 bits per heavy atom. The molecule has 1 amide bonds. The lowest BCUT2D eigenvalue weighted by atomic mass is 9.93. The molecule has 0 bridgehead atoms. The van der Waals surface area contributed by atoms with Gasteiger partial charge in [-0.1, -0.05) is 60.7 Å². The van der Waals surface area contributed by atoms with Crippen molar-refractivity contribution in [3.63, 3.8) is 0 Å². The fraction of sp³-hybridized carbons (Fsp3) is 0.304. The summed E-state index contributed by atoms with van der Waals surface area (Å²) >= 11 is 0. The van der Waals surface area contributed by atoms with Gasteiger partial charge in [-0.2, -0.15) is 0 Å². The molecule has 2 aromatic rings. The zero-order chi connectivity index (χ0) is 22.6. The second-order valence-electron chi connectivity index (χ2n) is 6.77. The van der Waals surface area contributed by atoms with Crippen LogP contribution in [0.15, 0.2) is 60.7 Å². The van der Waals surface area contributed by atoms with Crippen LogP contribution in [0.1, 0.15) is 24.5 Å². The zero-order valence-electron chi connectivity index (χ0n) is 17.4. The average Bonchev–Trinajstić information content (AvgIpc) is 2.77. The maximum atomic E-state index is 12.6. The molecule has 2 aromatic carbocycles. The van der Waals surface area contributed by atoms with Crippen molar-refractivity contribution in [1.29, 1.82) is 0 Å². The van der Waals surface area contributed by atoms with Gasteiger partial charge in [0.2, 0.25) is 0 Å². The molecule has 0 aliphatic heterocycles. The van der Waals surface area contributed by atoms with E-state index in [-0.39, 0.29) is 13.2 Å². The summed E-state index contributed by atoms with van der Waals surface area (Å²) in [7, 11) is 1.17. The molecule has 0 saturated carbocycles. The van der Waals surface area contributed by atoms with Gasteiger partial charge in [0.1, 0.15) is 24.9 Å². The van der Waals surface area contributed by atoms with E-state index in [4.69, 9.17) is 9.47 Å². The first-order valence-electron chi connectivity index (χ1n) is 9.65. The molecule has 2 unspecified atom stereocenters. The number of ether oxygens (including phenoxy) is 3. The highest BCUT2D eigenvalue weighted by molar-refractivity contribution is 5.99. The van der Waals surface area contributed by atoms with Crippen molar-refractivity contribution in [2.75, 3.05) is 7.11 Å². The highest BCUT2D eigenvalue weighted by Gasteiger charge is 2.37. The smallest absolute Gasteiger partial charge is 0.407 e. The summed E-state index contributed by atoms with van der Waals surface area (Å²) in [5, 5.41) is 2.43. The standard InChI is InChI=1S/C23H25NO7/c1-16(25)21(22(27)30-14-17-9-5-3-6-10-17)19(13-20(26)29-2)24-23(28)31-15-18-11-7-4-8-12-18/h3-12,19,21H,13-15H2,1-2H3,(H,24,28). The summed E-state index contributed by atoms with van der Waals surface area (Å²) in [6, 6.07) is 16.7. The molecule has 8 heteroatoms. The van der Waals surface area contributed by atoms with Crippen molar-refractivity contribution in [3.8, 4) is 0 Å². The quantitative estimate of drug-likeness (QED) is 0.353. The first-order valence-corrected chi connectivity index (χ1v) is 9.65. The number of amides is 1. The van der Waals surface area contributed by atoms with E-state index < -0.39 is 42.2 Å². The Hall–Kier alpha value is -3.68. The van der Waals surface area contributed by atoms with Gasteiger partial charge in [-0.05, 0) is 18.1 Å². The van der Waals surface area contributed by atoms with Crippen LogP contribution in [0.4, 0.5) is 4.79 Å². The van der Waals surface area contributed by atoms with Crippen LogP contribution in [0, 0.1) is 5.92 Å². The van der Waals surface area contributed by atoms with Crippen LogP contribution in [-0.4, -0.2) is 37.0 Å². The molecule has 0 aromatic heterocycles. The summed E-state index contributed by atoms with van der Waals surface area (Å²) in [5.41, 5.74) is 1.49. The van der Waals surface area contributed by atoms with Crippen molar-refractivity contribution in [2.45, 2.75) is 32.6 Å². The molecule has 0 radical (unpaired) electrons. The number of methoxy groups -OCH3 is 1. The lowest BCUT2D eigenvalue weighted by molar-refractivity contribution is -0.154. The molecule has 1 N–H and O–H groups in total. The van der Waals surface area contributed by atoms with Crippen LogP contribution >= 0.6 is 0 Å². The number of hydrogen-bond donors (Lipinski definition) is 1. The number of ketones is 1. The summed E-state index contributed by atoms with van der Waals surface area (Å²) < 4.78 is 15.0. The molecule has 0 aliphatic rings. The Morgan fingerprint density at radius 1 is 0.839 bits per heavy atom. The van der Waals surface area contributed by atoms with E-state index in [1.54, 1.807) is 48.5 Å². The lowest BCUT2D eigenvalue weighted by Crippen LogP contribution is -2.48. The van der Waals surface area contributed by atoms with Gasteiger partial charge in [0.05, 0.1) is 19.6 Å². The van der Waals surface area contributed by atoms with Crippen molar-refractivity contribution in [2.24, 2.45) is 5.92 Å². The first-order chi connectivity index (χ1) is 14.9. The number of hydrogen-bond acceptors (Lipinski definition) is 7. The Balaban J connectivity index is 2.07. The number of Topliss-reactive ketones (excluding diaryl/α,β-unsaturated/α-hetero) is 1. The van der Waals surface area contributed by atoms with Crippen LogP contribution in [0.25, 0.3) is 0 Å². The van der Waals surface area contributed by atoms with E-state index in [9.17, 15) is 19.2 Å². The lowest BCUT2D eigenvalue weighted by Gasteiger charge is -2.24. The fourth-order valence-electron chi connectivity index (χ4n) is 2.86. The van der Waals surface area contributed by atoms with E-state index in [1.165, 1.54) is 14.0 Å². The van der Waals surface area contributed by atoms with Gasteiger partial charge in [0, 0.05) is 0 Å². The normalized spacial score (nSPS) is 12.2. The SMILES string of the molecule is COC(=O)CC(NC(=O)OCc1ccccc1)C(C(C)=O)C(=O)OCc1ccccc1. The maximum absolute atomic E-state index is 12.6. The first kappa shape index (κ1) is 23.6. The third-order valence-corrected chi connectivity index (χ3v) is 4.45. The Bertz CT molecular complexity index is 883. The fourth-order valence-corrected chi connectivity index (χ4v) is 2.86. The summed E-state index contributed by atoms with van der Waals surface area (Å²) in [4.78, 5) is 49.0. The number of rotatable bonds is 10. The summed E-state index contributed by atoms with van der Waals surface area (Å²) in [6.07, 6.45) is -1.28. The van der Waals surface area contributed by atoms with Crippen LogP contribution in [0.5, 0.6) is 0 Å². The van der Waals surface area contributed by atoms with Gasteiger partial charge in [-0.3, -0.25) is 14.4 Å². The van der Waals surface area contributed by atoms with Crippen LogP contribution in [-0.2, 0) is 41.8 Å². The van der Waals surface area contributed by atoms with Gasteiger partial charge >= 0.3 is 18.0 Å². The van der Waals surface area contributed by atoms with Crippen molar-refractivity contribution >= 4 is 23.8 Å². The minimum Gasteiger partial charge on any atom is -0.469 e. The molecule has 0 heterocycles. The number of nitrogens with one attached hydrogen (secondary N) is 1.